The van der Waals surface area contributed by atoms with E-state index in [-0.39, 0.29) is 5.82 Å². The Hall–Kier alpha value is -1.64. The lowest BCUT2D eigenvalue weighted by atomic mass is 9.84. The summed E-state index contributed by atoms with van der Waals surface area (Å²) in [5, 5.41) is 0.737. The van der Waals surface area contributed by atoms with Gasteiger partial charge in [-0.3, -0.25) is 4.98 Å². The zero-order valence-corrected chi connectivity index (χ0v) is 13.3. The first-order valence-corrected chi connectivity index (χ1v) is 7.53. The first-order valence-electron chi connectivity index (χ1n) is 7.53. The second kappa shape index (κ2) is 6.42. The van der Waals surface area contributed by atoms with Crippen molar-refractivity contribution < 1.29 is 9.13 Å². The summed E-state index contributed by atoms with van der Waals surface area (Å²) in [5.74, 6) is 1.01. The second-order valence-electron chi connectivity index (χ2n) is 6.95. The van der Waals surface area contributed by atoms with Crippen molar-refractivity contribution in [2.45, 2.75) is 40.5 Å². The Bertz CT molecular complexity index is 604. The maximum atomic E-state index is 13.7. The molecule has 1 aromatic carbocycles. The minimum Gasteiger partial charge on any atom is -0.493 e. The van der Waals surface area contributed by atoms with E-state index in [2.05, 4.69) is 32.7 Å². The molecular weight excluding hydrogens is 265 g/mol. The number of ether oxygens (including phenoxy) is 1. The van der Waals surface area contributed by atoms with E-state index in [1.165, 1.54) is 12.5 Å². The fraction of sp³-hybridized carbons (Fsp3) is 0.500. The number of aromatic nitrogens is 1. The molecule has 0 saturated carbocycles. The van der Waals surface area contributed by atoms with E-state index in [9.17, 15) is 4.39 Å². The summed E-state index contributed by atoms with van der Waals surface area (Å²) in [6.45, 7) is 9.66. The number of benzene rings is 1. The molecular formula is C18H24FNO. The highest BCUT2D eigenvalue weighted by Gasteiger charge is 2.15. The van der Waals surface area contributed by atoms with Gasteiger partial charge in [0.15, 0.2) is 0 Å². The maximum Gasteiger partial charge on any atom is 0.149 e. The Morgan fingerprint density at radius 3 is 2.71 bits per heavy atom. The highest BCUT2D eigenvalue weighted by molar-refractivity contribution is 5.85. The summed E-state index contributed by atoms with van der Waals surface area (Å²) in [4.78, 5) is 4.08. The maximum absolute atomic E-state index is 13.7. The molecule has 0 radical (unpaired) electrons. The summed E-state index contributed by atoms with van der Waals surface area (Å²) in [7, 11) is 0. The van der Waals surface area contributed by atoms with Gasteiger partial charge >= 0.3 is 0 Å². The van der Waals surface area contributed by atoms with Crippen LogP contribution in [0.3, 0.4) is 0 Å². The number of halogens is 1. The average molecular weight is 289 g/mol. The summed E-state index contributed by atoms with van der Waals surface area (Å²) < 4.78 is 19.5. The topological polar surface area (TPSA) is 22.1 Å². The summed E-state index contributed by atoms with van der Waals surface area (Å²) in [6.07, 6.45) is 3.76. The molecule has 0 N–H and O–H groups in total. The molecule has 1 aromatic heterocycles. The molecule has 3 heteroatoms. The number of para-hydroxylation sites is 1. The number of rotatable bonds is 5. The molecule has 2 nitrogen and oxygen atoms in total. The van der Waals surface area contributed by atoms with E-state index in [0.29, 0.717) is 29.2 Å². The minimum atomic E-state index is -0.306. The number of pyridine rings is 1. The fourth-order valence-electron chi connectivity index (χ4n) is 2.76. The third kappa shape index (κ3) is 4.42. The van der Waals surface area contributed by atoms with Gasteiger partial charge in [0.05, 0.1) is 6.61 Å². The zero-order chi connectivity index (χ0) is 15.5. The van der Waals surface area contributed by atoms with Crippen molar-refractivity contribution in [2.75, 3.05) is 6.61 Å². The van der Waals surface area contributed by atoms with Crippen LogP contribution < -0.4 is 4.74 Å². The molecule has 21 heavy (non-hydrogen) atoms. The average Bonchev–Trinajstić information content (AvgIpc) is 2.37. The van der Waals surface area contributed by atoms with Gasteiger partial charge in [-0.25, -0.2) is 4.39 Å². The van der Waals surface area contributed by atoms with E-state index in [1.807, 2.05) is 6.07 Å². The Kier molecular flexibility index (Phi) is 4.81. The Morgan fingerprint density at radius 1 is 1.24 bits per heavy atom. The lowest BCUT2D eigenvalue weighted by Gasteiger charge is -2.23. The SMILES string of the molecule is CC(CCOc1ccnc2c(F)cccc12)CC(C)(C)C. The molecule has 0 fully saturated rings. The molecule has 2 aromatic rings. The van der Waals surface area contributed by atoms with Gasteiger partial charge in [-0.05, 0) is 42.4 Å². The number of nitrogens with zero attached hydrogens (tertiary/aromatic N) is 1. The molecule has 0 aliphatic rings. The first kappa shape index (κ1) is 15.7. The quantitative estimate of drug-likeness (QED) is 0.753. The van der Waals surface area contributed by atoms with E-state index < -0.39 is 0 Å². The van der Waals surface area contributed by atoms with E-state index in [0.717, 1.165) is 11.8 Å². The normalized spacial score (nSPS) is 13.4. The van der Waals surface area contributed by atoms with Crippen LogP contribution in [0.25, 0.3) is 10.9 Å². The lowest BCUT2D eigenvalue weighted by molar-refractivity contribution is 0.242. The summed E-state index contributed by atoms with van der Waals surface area (Å²) in [5.41, 5.74) is 0.712. The second-order valence-corrected chi connectivity index (χ2v) is 6.95. The van der Waals surface area contributed by atoms with Gasteiger partial charge < -0.3 is 4.74 Å². The molecule has 1 heterocycles. The van der Waals surface area contributed by atoms with Crippen LogP contribution in [0, 0.1) is 17.2 Å². The van der Waals surface area contributed by atoms with Gasteiger partial charge in [0.25, 0.3) is 0 Å². The van der Waals surface area contributed by atoms with Crippen LogP contribution in [-0.2, 0) is 0 Å². The van der Waals surface area contributed by atoms with Crippen molar-refractivity contribution in [3.8, 4) is 5.75 Å². The molecule has 0 amide bonds. The third-order valence-corrected chi connectivity index (χ3v) is 3.51. The Balaban J connectivity index is 2.00. The molecule has 1 unspecified atom stereocenters. The zero-order valence-electron chi connectivity index (χ0n) is 13.3. The predicted molar refractivity (Wildman–Crippen MR) is 85.0 cm³/mol. The summed E-state index contributed by atoms with van der Waals surface area (Å²) >= 11 is 0. The first-order chi connectivity index (χ1) is 9.87. The van der Waals surface area contributed by atoms with Crippen molar-refractivity contribution >= 4 is 10.9 Å². The van der Waals surface area contributed by atoms with Gasteiger partial charge in [0.2, 0.25) is 0 Å². The largest absolute Gasteiger partial charge is 0.493 e. The van der Waals surface area contributed by atoms with Crippen LogP contribution in [0.15, 0.2) is 30.5 Å². The number of fused-ring (bicyclic) bond motifs is 1. The van der Waals surface area contributed by atoms with E-state index in [4.69, 9.17) is 4.74 Å². The van der Waals surface area contributed by atoms with Gasteiger partial charge in [-0.1, -0.05) is 33.8 Å². The molecule has 0 spiro atoms. The molecule has 1 atom stereocenters. The van der Waals surface area contributed by atoms with Crippen LogP contribution in [0.4, 0.5) is 4.39 Å². The minimum absolute atomic E-state index is 0.306. The molecule has 0 saturated heterocycles. The van der Waals surface area contributed by atoms with Crippen molar-refractivity contribution in [3.05, 3.63) is 36.3 Å². The molecule has 0 bridgehead atoms. The van der Waals surface area contributed by atoms with Gasteiger partial charge in [-0.2, -0.15) is 0 Å². The molecule has 114 valence electrons. The van der Waals surface area contributed by atoms with Crippen LogP contribution in [0.5, 0.6) is 5.75 Å². The molecule has 0 aliphatic heterocycles. The third-order valence-electron chi connectivity index (χ3n) is 3.51. The number of hydrogen-bond donors (Lipinski definition) is 0. The van der Waals surface area contributed by atoms with Crippen LogP contribution in [0.1, 0.15) is 40.5 Å². The van der Waals surface area contributed by atoms with Crippen molar-refractivity contribution in [1.82, 2.24) is 4.98 Å². The summed E-state index contributed by atoms with van der Waals surface area (Å²) in [6, 6.07) is 6.76. The van der Waals surface area contributed by atoms with Gasteiger partial charge in [0, 0.05) is 11.6 Å². The lowest BCUT2D eigenvalue weighted by Crippen LogP contribution is -2.13. The fourth-order valence-corrected chi connectivity index (χ4v) is 2.76. The van der Waals surface area contributed by atoms with Crippen LogP contribution >= 0.6 is 0 Å². The standard InChI is InChI=1S/C18H24FNO/c1-13(12-18(2,3)4)9-11-21-16-8-10-20-17-14(16)6-5-7-15(17)19/h5-8,10,13H,9,11-12H2,1-4H3. The number of hydrogen-bond acceptors (Lipinski definition) is 2. The highest BCUT2D eigenvalue weighted by Crippen LogP contribution is 2.28. The van der Waals surface area contributed by atoms with Crippen molar-refractivity contribution in [2.24, 2.45) is 11.3 Å². The van der Waals surface area contributed by atoms with E-state index in [1.54, 1.807) is 18.3 Å². The smallest absolute Gasteiger partial charge is 0.149 e. The van der Waals surface area contributed by atoms with Crippen LogP contribution in [-0.4, -0.2) is 11.6 Å². The molecule has 0 aliphatic carbocycles. The van der Waals surface area contributed by atoms with E-state index >= 15 is 0 Å². The predicted octanol–water partition coefficient (Wildman–Crippen LogP) is 5.22. The van der Waals surface area contributed by atoms with Crippen molar-refractivity contribution in [3.63, 3.8) is 0 Å². The van der Waals surface area contributed by atoms with Gasteiger partial charge in [0.1, 0.15) is 17.1 Å². The highest BCUT2D eigenvalue weighted by atomic mass is 19.1. The van der Waals surface area contributed by atoms with Crippen molar-refractivity contribution in [1.29, 1.82) is 0 Å². The monoisotopic (exact) mass is 289 g/mol. The Morgan fingerprint density at radius 2 is 2.00 bits per heavy atom. The van der Waals surface area contributed by atoms with Gasteiger partial charge in [-0.15, -0.1) is 0 Å². The van der Waals surface area contributed by atoms with Crippen LogP contribution in [0.2, 0.25) is 0 Å². The Labute approximate surface area is 126 Å². The molecule has 2 rings (SSSR count).